The molecule has 3 heteroatoms. The molecule has 3 rings (SSSR count). The molecule has 0 fully saturated rings. The third-order valence-electron chi connectivity index (χ3n) is 3.80. The molecule has 19 heavy (non-hydrogen) atoms. The van der Waals surface area contributed by atoms with Gasteiger partial charge in [0.05, 0.1) is 23.3 Å². The van der Waals surface area contributed by atoms with Gasteiger partial charge in [-0.25, -0.2) is 0 Å². The molecule has 0 radical (unpaired) electrons. The number of aromatic nitrogens is 2. The molecule has 98 valence electrons. The lowest BCUT2D eigenvalue weighted by atomic mass is 10.0. The highest BCUT2D eigenvalue weighted by atomic mass is 14.9. The van der Waals surface area contributed by atoms with Crippen LogP contribution in [0.25, 0.3) is 11.3 Å². The van der Waals surface area contributed by atoms with Gasteiger partial charge in [-0.15, -0.1) is 0 Å². The highest BCUT2D eigenvalue weighted by Gasteiger charge is 2.14. The fraction of sp³-hybridized carbons (Fsp3) is 0.375. The molecule has 1 unspecified atom stereocenters. The van der Waals surface area contributed by atoms with Gasteiger partial charge in [0.1, 0.15) is 0 Å². The minimum Gasteiger partial charge on any atom is -0.323 e. The third-order valence-corrected chi connectivity index (χ3v) is 3.80. The number of fused-ring (bicyclic) bond motifs is 1. The molecule has 0 amide bonds. The smallest absolute Gasteiger partial charge is 0.0914 e. The predicted molar refractivity (Wildman–Crippen MR) is 76.8 cm³/mol. The molecule has 1 aromatic heterocycles. The van der Waals surface area contributed by atoms with Gasteiger partial charge in [0.2, 0.25) is 0 Å². The maximum absolute atomic E-state index is 5.84. The van der Waals surface area contributed by atoms with Crippen molar-refractivity contribution in [1.82, 2.24) is 9.97 Å². The minimum absolute atomic E-state index is 0.0692. The molecule has 1 atom stereocenters. The Hall–Kier alpha value is -1.74. The van der Waals surface area contributed by atoms with Crippen LogP contribution in [0.4, 0.5) is 0 Å². The van der Waals surface area contributed by atoms with Crippen molar-refractivity contribution in [3.63, 3.8) is 0 Å². The van der Waals surface area contributed by atoms with Gasteiger partial charge in [-0.05, 0) is 50.3 Å². The van der Waals surface area contributed by atoms with E-state index in [1.165, 1.54) is 36.0 Å². The number of nitrogens with zero attached hydrogens (tertiary/aromatic N) is 2. The highest BCUT2D eigenvalue weighted by Crippen LogP contribution is 2.28. The Morgan fingerprint density at radius 1 is 1.21 bits per heavy atom. The van der Waals surface area contributed by atoms with Crippen LogP contribution in [0.3, 0.4) is 0 Å². The molecule has 0 saturated carbocycles. The monoisotopic (exact) mass is 253 g/mol. The summed E-state index contributed by atoms with van der Waals surface area (Å²) in [4.78, 5) is 9.11. The van der Waals surface area contributed by atoms with Gasteiger partial charge in [0, 0.05) is 11.6 Å². The first-order chi connectivity index (χ1) is 9.15. The van der Waals surface area contributed by atoms with Crippen molar-refractivity contribution in [2.45, 2.75) is 39.2 Å². The van der Waals surface area contributed by atoms with E-state index in [2.05, 4.69) is 28.2 Å². The minimum atomic E-state index is -0.0692. The van der Waals surface area contributed by atoms with E-state index >= 15 is 0 Å². The van der Waals surface area contributed by atoms with Crippen molar-refractivity contribution >= 4 is 0 Å². The number of nitrogens with two attached hydrogens (primary N) is 1. The van der Waals surface area contributed by atoms with Crippen LogP contribution in [-0.2, 0) is 12.8 Å². The van der Waals surface area contributed by atoms with Crippen LogP contribution < -0.4 is 5.73 Å². The topological polar surface area (TPSA) is 51.8 Å². The van der Waals surface area contributed by atoms with E-state index in [1.807, 2.05) is 13.8 Å². The Kier molecular flexibility index (Phi) is 3.07. The van der Waals surface area contributed by atoms with E-state index in [0.29, 0.717) is 0 Å². The third kappa shape index (κ3) is 2.26. The summed E-state index contributed by atoms with van der Waals surface area (Å²) >= 11 is 0. The number of hydrogen-bond acceptors (Lipinski definition) is 3. The molecule has 2 N–H and O–H groups in total. The van der Waals surface area contributed by atoms with Crippen molar-refractivity contribution in [2.75, 3.05) is 0 Å². The first-order valence-electron chi connectivity index (χ1n) is 6.86. The lowest BCUT2D eigenvalue weighted by Crippen LogP contribution is -2.09. The van der Waals surface area contributed by atoms with Crippen LogP contribution in [0.2, 0.25) is 0 Å². The lowest BCUT2D eigenvalue weighted by Gasteiger charge is -2.10. The zero-order chi connectivity index (χ0) is 13.4. The normalized spacial score (nSPS) is 15.3. The first-order valence-corrected chi connectivity index (χ1v) is 6.86. The fourth-order valence-corrected chi connectivity index (χ4v) is 2.72. The maximum atomic E-state index is 5.84. The van der Waals surface area contributed by atoms with Gasteiger partial charge in [0.15, 0.2) is 0 Å². The fourth-order valence-electron chi connectivity index (χ4n) is 2.72. The summed E-state index contributed by atoms with van der Waals surface area (Å²) < 4.78 is 0. The van der Waals surface area contributed by atoms with Crippen LogP contribution in [-0.4, -0.2) is 9.97 Å². The molecule has 0 saturated heterocycles. The summed E-state index contributed by atoms with van der Waals surface area (Å²) in [5.74, 6) is 0. The van der Waals surface area contributed by atoms with Crippen LogP contribution in [0, 0.1) is 6.92 Å². The molecule has 2 aromatic rings. The molecule has 3 nitrogen and oxygen atoms in total. The molecule has 1 aliphatic carbocycles. The number of benzene rings is 1. The van der Waals surface area contributed by atoms with E-state index in [0.717, 1.165) is 17.1 Å². The quantitative estimate of drug-likeness (QED) is 0.895. The SMILES string of the molecule is Cc1nc(C(C)N)cnc1-c1ccc2c(c1)CCC2. The zero-order valence-electron chi connectivity index (χ0n) is 11.5. The number of rotatable bonds is 2. The van der Waals surface area contributed by atoms with Gasteiger partial charge in [-0.1, -0.05) is 12.1 Å². The van der Waals surface area contributed by atoms with Crippen molar-refractivity contribution in [3.05, 3.63) is 46.9 Å². The summed E-state index contributed by atoms with van der Waals surface area (Å²) in [7, 11) is 0. The number of aryl methyl sites for hydroxylation is 3. The van der Waals surface area contributed by atoms with Gasteiger partial charge < -0.3 is 5.73 Å². The lowest BCUT2D eigenvalue weighted by molar-refractivity contribution is 0.767. The molecular weight excluding hydrogens is 234 g/mol. The van der Waals surface area contributed by atoms with E-state index in [1.54, 1.807) is 6.20 Å². The second-order valence-corrected chi connectivity index (χ2v) is 5.35. The predicted octanol–water partition coefficient (Wildman–Crippen LogP) is 2.96. The molecule has 0 aliphatic heterocycles. The average Bonchev–Trinajstić information content (AvgIpc) is 2.85. The summed E-state index contributed by atoms with van der Waals surface area (Å²) in [6.07, 6.45) is 5.46. The van der Waals surface area contributed by atoms with Crippen LogP contribution in [0.5, 0.6) is 0 Å². The van der Waals surface area contributed by atoms with Crippen molar-refractivity contribution < 1.29 is 0 Å². The molecule has 0 spiro atoms. The van der Waals surface area contributed by atoms with E-state index < -0.39 is 0 Å². The molecular formula is C16H19N3. The number of hydrogen-bond donors (Lipinski definition) is 1. The van der Waals surface area contributed by atoms with Gasteiger partial charge >= 0.3 is 0 Å². The molecule has 0 bridgehead atoms. The maximum Gasteiger partial charge on any atom is 0.0914 e. The second kappa shape index (κ2) is 4.74. The Morgan fingerprint density at radius 3 is 2.74 bits per heavy atom. The second-order valence-electron chi connectivity index (χ2n) is 5.35. The summed E-state index contributed by atoms with van der Waals surface area (Å²) in [6, 6.07) is 6.59. The Bertz CT molecular complexity index is 617. The largest absolute Gasteiger partial charge is 0.323 e. The summed E-state index contributed by atoms with van der Waals surface area (Å²) in [5, 5.41) is 0. The van der Waals surface area contributed by atoms with Crippen LogP contribution in [0.15, 0.2) is 24.4 Å². The van der Waals surface area contributed by atoms with E-state index in [-0.39, 0.29) is 6.04 Å². The van der Waals surface area contributed by atoms with Crippen LogP contribution in [0.1, 0.15) is 41.9 Å². The zero-order valence-corrected chi connectivity index (χ0v) is 11.5. The molecule has 1 aliphatic rings. The van der Waals surface area contributed by atoms with Gasteiger partial charge in [-0.3, -0.25) is 9.97 Å². The standard InChI is InChI=1S/C16H19N3/c1-10(17)15-9-18-16(11(2)19-15)14-7-6-12-4-3-5-13(12)8-14/h6-10H,3-5,17H2,1-2H3. The molecule has 1 aromatic carbocycles. The van der Waals surface area contributed by atoms with Crippen LogP contribution >= 0.6 is 0 Å². The van der Waals surface area contributed by atoms with Crippen molar-refractivity contribution in [2.24, 2.45) is 5.73 Å². The molecule has 1 heterocycles. The van der Waals surface area contributed by atoms with Crippen molar-refractivity contribution in [1.29, 1.82) is 0 Å². The summed E-state index contributed by atoms with van der Waals surface area (Å²) in [6.45, 7) is 3.93. The Balaban J connectivity index is 2.02. The summed E-state index contributed by atoms with van der Waals surface area (Å²) in [5.41, 5.74) is 12.7. The van der Waals surface area contributed by atoms with Gasteiger partial charge in [0.25, 0.3) is 0 Å². The Labute approximate surface area is 113 Å². The van der Waals surface area contributed by atoms with E-state index in [9.17, 15) is 0 Å². The Morgan fingerprint density at radius 2 is 2.00 bits per heavy atom. The average molecular weight is 253 g/mol. The first kappa shape index (κ1) is 12.3. The van der Waals surface area contributed by atoms with Gasteiger partial charge in [-0.2, -0.15) is 0 Å². The highest BCUT2D eigenvalue weighted by molar-refractivity contribution is 5.63. The van der Waals surface area contributed by atoms with Crippen molar-refractivity contribution in [3.8, 4) is 11.3 Å². The van der Waals surface area contributed by atoms with E-state index in [4.69, 9.17) is 5.73 Å².